The van der Waals surface area contributed by atoms with Gasteiger partial charge in [-0.25, -0.2) is 9.07 Å². The summed E-state index contributed by atoms with van der Waals surface area (Å²) < 4.78 is 54.5. The van der Waals surface area contributed by atoms with Crippen LogP contribution >= 0.6 is 0 Å². The molecule has 2 aromatic heterocycles. The number of tetrazole rings is 1. The molecule has 0 atom stereocenters. The van der Waals surface area contributed by atoms with Crippen molar-refractivity contribution in [2.45, 2.75) is 52.9 Å². The Balaban J connectivity index is 1.74. The first-order valence-electron chi connectivity index (χ1n) is 12.1. The average molecular weight is 559 g/mol. The van der Waals surface area contributed by atoms with E-state index in [-0.39, 0.29) is 34.9 Å². The molecular formula is C26H26F4N8O2. The van der Waals surface area contributed by atoms with Crippen molar-refractivity contribution < 1.29 is 27.2 Å². The molecule has 0 aliphatic carbocycles. The highest BCUT2D eigenvalue weighted by Gasteiger charge is 2.37. The van der Waals surface area contributed by atoms with Crippen LogP contribution in [-0.2, 0) is 12.7 Å². The van der Waals surface area contributed by atoms with Crippen LogP contribution in [0.1, 0.15) is 64.3 Å². The fraction of sp³-hybridized carbons (Fsp3) is 0.308. The zero-order valence-electron chi connectivity index (χ0n) is 22.3. The summed E-state index contributed by atoms with van der Waals surface area (Å²) in [7, 11) is 0. The van der Waals surface area contributed by atoms with Gasteiger partial charge in [0.2, 0.25) is 0 Å². The zero-order valence-corrected chi connectivity index (χ0v) is 22.3. The second kappa shape index (κ2) is 10.5. The molecule has 4 rings (SSSR count). The zero-order chi connectivity index (χ0) is 29.4. The van der Waals surface area contributed by atoms with Crippen molar-refractivity contribution in [1.82, 2.24) is 35.3 Å². The average Bonchev–Trinajstić information content (AvgIpc) is 3.47. The number of rotatable bonds is 6. The predicted octanol–water partition coefficient (Wildman–Crippen LogP) is 4.46. The summed E-state index contributed by atoms with van der Waals surface area (Å²) in [6, 6.07) is 10.3. The fourth-order valence-electron chi connectivity index (χ4n) is 3.94. The Morgan fingerprint density at radius 3 is 2.30 bits per heavy atom. The Morgan fingerprint density at radius 1 is 0.975 bits per heavy atom. The lowest BCUT2D eigenvalue weighted by Crippen LogP contribution is -2.41. The number of anilines is 1. The minimum atomic E-state index is -4.79. The van der Waals surface area contributed by atoms with Gasteiger partial charge in [-0.05, 0) is 75.2 Å². The Morgan fingerprint density at radius 2 is 1.68 bits per heavy atom. The lowest BCUT2D eigenvalue weighted by atomic mass is 10.0. The molecule has 210 valence electrons. The van der Waals surface area contributed by atoms with E-state index in [0.29, 0.717) is 10.4 Å². The molecule has 0 aliphatic rings. The SMILES string of the molecule is Cc1cc(C)c(NC(=O)c2cc(Cn3nnc(C(F)(F)F)n3)nn2-c2ccccc2F)c(C(=O)NC(C)(C)C)c1. The number of halogens is 4. The number of para-hydroxylation sites is 1. The molecule has 0 aliphatic heterocycles. The Hall–Kier alpha value is -4.62. The molecule has 0 bridgehead atoms. The summed E-state index contributed by atoms with van der Waals surface area (Å²) in [4.78, 5) is 27.3. The number of nitrogens with one attached hydrogen (secondary N) is 2. The third kappa shape index (κ3) is 6.33. The van der Waals surface area contributed by atoms with E-state index in [2.05, 4.69) is 31.1 Å². The number of amides is 2. The van der Waals surface area contributed by atoms with Crippen LogP contribution in [0.3, 0.4) is 0 Å². The largest absolute Gasteiger partial charge is 0.455 e. The third-order valence-corrected chi connectivity index (χ3v) is 5.53. The molecule has 2 N–H and O–H groups in total. The van der Waals surface area contributed by atoms with E-state index in [9.17, 15) is 27.2 Å². The highest BCUT2D eigenvalue weighted by atomic mass is 19.4. The molecule has 14 heteroatoms. The van der Waals surface area contributed by atoms with Gasteiger partial charge in [-0.2, -0.15) is 23.1 Å². The van der Waals surface area contributed by atoms with Crippen LogP contribution in [0.5, 0.6) is 0 Å². The van der Waals surface area contributed by atoms with E-state index >= 15 is 0 Å². The number of aryl methyl sites for hydroxylation is 2. The number of benzene rings is 2. The maximum absolute atomic E-state index is 14.7. The van der Waals surface area contributed by atoms with E-state index in [1.807, 2.05) is 27.7 Å². The van der Waals surface area contributed by atoms with Gasteiger partial charge < -0.3 is 10.6 Å². The molecule has 10 nitrogen and oxygen atoms in total. The Labute approximate surface area is 226 Å². The molecular weight excluding hydrogens is 532 g/mol. The van der Waals surface area contributed by atoms with Crippen molar-refractivity contribution in [2.24, 2.45) is 0 Å². The number of aromatic nitrogens is 6. The van der Waals surface area contributed by atoms with Gasteiger partial charge in [0.15, 0.2) is 0 Å². The lowest BCUT2D eigenvalue weighted by molar-refractivity contribution is -0.145. The van der Waals surface area contributed by atoms with Crippen LogP contribution in [0.15, 0.2) is 42.5 Å². The van der Waals surface area contributed by atoms with E-state index in [1.54, 1.807) is 19.1 Å². The minimum Gasteiger partial charge on any atom is -0.347 e. The summed E-state index contributed by atoms with van der Waals surface area (Å²) in [5.41, 5.74) is 1.17. The number of carbonyl (C=O) groups excluding carboxylic acids is 2. The lowest BCUT2D eigenvalue weighted by Gasteiger charge is -2.22. The molecule has 2 heterocycles. The molecule has 4 aromatic rings. The predicted molar refractivity (Wildman–Crippen MR) is 137 cm³/mol. The van der Waals surface area contributed by atoms with Crippen LogP contribution in [-0.4, -0.2) is 47.3 Å². The first-order valence-corrected chi connectivity index (χ1v) is 12.1. The molecule has 2 aromatic carbocycles. The molecule has 0 unspecified atom stereocenters. The van der Waals surface area contributed by atoms with Crippen molar-refractivity contribution in [1.29, 1.82) is 0 Å². The second-order valence-electron chi connectivity index (χ2n) is 10.2. The van der Waals surface area contributed by atoms with Gasteiger partial charge >= 0.3 is 6.18 Å². The molecule has 40 heavy (non-hydrogen) atoms. The Bertz CT molecular complexity index is 1580. The quantitative estimate of drug-likeness (QED) is 0.337. The normalized spacial score (nSPS) is 11.9. The number of nitrogens with zero attached hydrogens (tertiary/aromatic N) is 6. The van der Waals surface area contributed by atoms with Crippen LogP contribution in [0.25, 0.3) is 5.69 Å². The van der Waals surface area contributed by atoms with E-state index in [0.717, 1.165) is 10.2 Å². The van der Waals surface area contributed by atoms with Crippen molar-refractivity contribution >= 4 is 17.5 Å². The molecule has 0 fully saturated rings. The van der Waals surface area contributed by atoms with Gasteiger partial charge in [0.05, 0.1) is 16.9 Å². The Kier molecular flexibility index (Phi) is 7.46. The number of hydrogen-bond acceptors (Lipinski definition) is 6. The molecule has 0 saturated heterocycles. The van der Waals surface area contributed by atoms with Gasteiger partial charge in [0.1, 0.15) is 23.7 Å². The highest BCUT2D eigenvalue weighted by Crippen LogP contribution is 2.27. The monoisotopic (exact) mass is 558 g/mol. The van der Waals surface area contributed by atoms with Crippen LogP contribution < -0.4 is 10.6 Å². The van der Waals surface area contributed by atoms with Gasteiger partial charge in [-0.1, -0.05) is 18.2 Å². The maximum atomic E-state index is 14.7. The summed E-state index contributed by atoms with van der Waals surface area (Å²) >= 11 is 0. The number of carbonyl (C=O) groups is 2. The smallest absolute Gasteiger partial charge is 0.347 e. The van der Waals surface area contributed by atoms with Crippen molar-refractivity contribution in [3.05, 3.63) is 82.2 Å². The van der Waals surface area contributed by atoms with Crippen molar-refractivity contribution in [3.8, 4) is 5.69 Å². The number of alkyl halides is 3. The third-order valence-electron chi connectivity index (χ3n) is 5.53. The molecule has 2 amide bonds. The molecule has 0 saturated carbocycles. The van der Waals surface area contributed by atoms with E-state index in [4.69, 9.17) is 0 Å². The summed E-state index contributed by atoms with van der Waals surface area (Å²) in [6.07, 6.45) is -4.79. The summed E-state index contributed by atoms with van der Waals surface area (Å²) in [5.74, 6) is -3.27. The number of hydrogen-bond donors (Lipinski definition) is 2. The van der Waals surface area contributed by atoms with Gasteiger partial charge in [0, 0.05) is 5.54 Å². The standard InChI is InChI=1S/C26H26F4N8O2/c1-14-10-15(2)21(17(11-14)22(39)32-25(3,4)5)31-23(40)20-12-16(13-37-35-24(33-36-37)26(28,29)30)34-38(20)19-9-7-6-8-18(19)27/h6-12H,13H2,1-5H3,(H,31,40)(H,32,39). The van der Waals surface area contributed by atoms with E-state index < -0.39 is 35.2 Å². The van der Waals surface area contributed by atoms with Gasteiger partial charge in [-0.3, -0.25) is 9.59 Å². The highest BCUT2D eigenvalue weighted by molar-refractivity contribution is 6.09. The first kappa shape index (κ1) is 28.4. The molecule has 0 radical (unpaired) electrons. The van der Waals surface area contributed by atoms with Crippen molar-refractivity contribution in [3.63, 3.8) is 0 Å². The van der Waals surface area contributed by atoms with Crippen LogP contribution in [0.4, 0.5) is 23.2 Å². The van der Waals surface area contributed by atoms with E-state index in [1.165, 1.54) is 30.3 Å². The molecule has 0 spiro atoms. The first-order chi connectivity index (χ1) is 18.6. The maximum Gasteiger partial charge on any atom is 0.455 e. The summed E-state index contributed by atoms with van der Waals surface area (Å²) in [6.45, 7) is 8.62. The van der Waals surface area contributed by atoms with Crippen LogP contribution in [0, 0.1) is 19.7 Å². The van der Waals surface area contributed by atoms with Crippen LogP contribution in [0.2, 0.25) is 0 Å². The fourth-order valence-corrected chi connectivity index (χ4v) is 3.94. The minimum absolute atomic E-state index is 0.0610. The van der Waals surface area contributed by atoms with Gasteiger partial charge in [0.25, 0.3) is 17.6 Å². The summed E-state index contributed by atoms with van der Waals surface area (Å²) in [5, 5.41) is 19.5. The second-order valence-corrected chi connectivity index (χ2v) is 10.2. The van der Waals surface area contributed by atoms with Crippen molar-refractivity contribution in [2.75, 3.05) is 5.32 Å². The topological polar surface area (TPSA) is 120 Å². The van der Waals surface area contributed by atoms with Gasteiger partial charge in [-0.15, -0.1) is 10.2 Å².